The molecule has 0 radical (unpaired) electrons. The first-order valence-corrected chi connectivity index (χ1v) is 8.39. The summed E-state index contributed by atoms with van der Waals surface area (Å²) in [4.78, 5) is 0. The monoisotopic (exact) mass is 310 g/mol. The number of hydrogen-bond donors (Lipinski definition) is 2. The highest BCUT2D eigenvalue weighted by molar-refractivity contribution is 5.35. The van der Waals surface area contributed by atoms with Crippen molar-refractivity contribution < 1.29 is 4.74 Å². The normalized spacial score (nSPS) is 24.2. The molecule has 2 aromatic rings. The quantitative estimate of drug-likeness (QED) is 0.862. The molecule has 1 heterocycles. The van der Waals surface area contributed by atoms with Crippen LogP contribution in [0.15, 0.2) is 60.7 Å². The Morgan fingerprint density at radius 2 is 1.61 bits per heavy atom. The zero-order valence-corrected chi connectivity index (χ0v) is 13.7. The molecule has 3 unspecified atom stereocenters. The Kier molecular flexibility index (Phi) is 5.44. The van der Waals surface area contributed by atoms with Crippen LogP contribution in [0.4, 0.5) is 0 Å². The molecule has 0 amide bonds. The first-order chi connectivity index (χ1) is 11.3. The SMILES string of the molecule is COCCC1CNC(C(c2ccccc2)c2ccccc2)C1N. The molecule has 0 aromatic heterocycles. The van der Waals surface area contributed by atoms with E-state index in [1.165, 1.54) is 11.1 Å². The maximum atomic E-state index is 6.62. The number of nitrogens with two attached hydrogens (primary N) is 1. The van der Waals surface area contributed by atoms with E-state index < -0.39 is 0 Å². The van der Waals surface area contributed by atoms with Crippen molar-refractivity contribution in [3.63, 3.8) is 0 Å². The Labute approximate surface area is 138 Å². The molecule has 0 aliphatic carbocycles. The van der Waals surface area contributed by atoms with Crippen LogP contribution < -0.4 is 11.1 Å². The average molecular weight is 310 g/mol. The third-order valence-corrected chi connectivity index (χ3v) is 4.94. The zero-order chi connectivity index (χ0) is 16.1. The largest absolute Gasteiger partial charge is 0.385 e. The van der Waals surface area contributed by atoms with Gasteiger partial charge >= 0.3 is 0 Å². The van der Waals surface area contributed by atoms with Crippen molar-refractivity contribution in [2.24, 2.45) is 11.7 Å². The smallest absolute Gasteiger partial charge is 0.0465 e. The summed E-state index contributed by atoms with van der Waals surface area (Å²) < 4.78 is 5.23. The molecule has 0 bridgehead atoms. The van der Waals surface area contributed by atoms with E-state index in [4.69, 9.17) is 10.5 Å². The third kappa shape index (κ3) is 3.63. The highest BCUT2D eigenvalue weighted by Gasteiger charge is 2.38. The fraction of sp³-hybridized carbons (Fsp3) is 0.400. The number of hydrogen-bond acceptors (Lipinski definition) is 3. The van der Waals surface area contributed by atoms with Crippen LogP contribution >= 0.6 is 0 Å². The molecule has 0 saturated carbocycles. The van der Waals surface area contributed by atoms with Crippen molar-refractivity contribution in [2.45, 2.75) is 24.4 Å². The van der Waals surface area contributed by atoms with E-state index in [9.17, 15) is 0 Å². The van der Waals surface area contributed by atoms with Crippen LogP contribution in [-0.2, 0) is 4.74 Å². The number of benzene rings is 2. The van der Waals surface area contributed by atoms with Crippen LogP contribution in [0.25, 0.3) is 0 Å². The molecule has 1 saturated heterocycles. The minimum Gasteiger partial charge on any atom is -0.385 e. The molecular weight excluding hydrogens is 284 g/mol. The van der Waals surface area contributed by atoms with Gasteiger partial charge in [0.25, 0.3) is 0 Å². The topological polar surface area (TPSA) is 47.3 Å². The minimum atomic E-state index is 0.135. The van der Waals surface area contributed by atoms with Gasteiger partial charge in [-0.1, -0.05) is 60.7 Å². The highest BCUT2D eigenvalue weighted by atomic mass is 16.5. The molecule has 0 spiro atoms. The third-order valence-electron chi connectivity index (χ3n) is 4.94. The lowest BCUT2D eigenvalue weighted by Crippen LogP contribution is -2.43. The van der Waals surface area contributed by atoms with Crippen LogP contribution in [0.1, 0.15) is 23.5 Å². The predicted molar refractivity (Wildman–Crippen MR) is 94.5 cm³/mol. The van der Waals surface area contributed by atoms with Gasteiger partial charge in [0.2, 0.25) is 0 Å². The van der Waals surface area contributed by atoms with Gasteiger partial charge < -0.3 is 15.8 Å². The average Bonchev–Trinajstić information content (AvgIpc) is 2.96. The molecule has 23 heavy (non-hydrogen) atoms. The van der Waals surface area contributed by atoms with Gasteiger partial charge in [-0.05, 0) is 30.0 Å². The Morgan fingerprint density at radius 1 is 1.04 bits per heavy atom. The first-order valence-electron chi connectivity index (χ1n) is 8.39. The van der Waals surface area contributed by atoms with E-state index in [0.29, 0.717) is 5.92 Å². The summed E-state index contributed by atoms with van der Waals surface area (Å²) in [6, 6.07) is 21.7. The maximum Gasteiger partial charge on any atom is 0.0465 e. The van der Waals surface area contributed by atoms with Gasteiger partial charge in [0.1, 0.15) is 0 Å². The summed E-state index contributed by atoms with van der Waals surface area (Å²) in [6.07, 6.45) is 1.01. The molecule has 1 aliphatic heterocycles. The lowest BCUT2D eigenvalue weighted by atomic mass is 9.80. The number of rotatable bonds is 6. The van der Waals surface area contributed by atoms with E-state index >= 15 is 0 Å². The number of ether oxygens (including phenoxy) is 1. The Balaban J connectivity index is 1.88. The van der Waals surface area contributed by atoms with Crippen LogP contribution in [-0.4, -0.2) is 32.3 Å². The van der Waals surface area contributed by atoms with E-state index in [1.54, 1.807) is 7.11 Å². The van der Waals surface area contributed by atoms with Crippen LogP contribution in [0.2, 0.25) is 0 Å². The van der Waals surface area contributed by atoms with Crippen molar-refractivity contribution in [1.29, 1.82) is 0 Å². The van der Waals surface area contributed by atoms with Gasteiger partial charge in [-0.3, -0.25) is 0 Å². The minimum absolute atomic E-state index is 0.135. The molecular formula is C20H26N2O. The van der Waals surface area contributed by atoms with Crippen molar-refractivity contribution >= 4 is 0 Å². The number of methoxy groups -OCH3 is 1. The Hall–Kier alpha value is -1.68. The maximum absolute atomic E-state index is 6.62. The summed E-state index contributed by atoms with van der Waals surface area (Å²) >= 11 is 0. The highest BCUT2D eigenvalue weighted by Crippen LogP contribution is 2.33. The second-order valence-electron chi connectivity index (χ2n) is 6.35. The van der Waals surface area contributed by atoms with Crippen molar-refractivity contribution in [2.75, 3.05) is 20.3 Å². The van der Waals surface area contributed by atoms with Crippen molar-refractivity contribution in [3.05, 3.63) is 71.8 Å². The lowest BCUT2D eigenvalue weighted by Gasteiger charge is -2.29. The summed E-state index contributed by atoms with van der Waals surface area (Å²) in [5.74, 6) is 0.745. The second kappa shape index (κ2) is 7.73. The van der Waals surface area contributed by atoms with Crippen LogP contribution in [0.5, 0.6) is 0 Å². The number of nitrogens with one attached hydrogen (secondary N) is 1. The van der Waals surface area contributed by atoms with E-state index in [0.717, 1.165) is 19.6 Å². The molecule has 1 aliphatic rings. The molecule has 2 aromatic carbocycles. The molecule has 3 heteroatoms. The first kappa shape index (κ1) is 16.2. The second-order valence-corrected chi connectivity index (χ2v) is 6.35. The zero-order valence-electron chi connectivity index (χ0n) is 13.7. The van der Waals surface area contributed by atoms with Crippen molar-refractivity contribution in [1.82, 2.24) is 5.32 Å². The summed E-state index contributed by atoms with van der Waals surface area (Å²) in [6.45, 7) is 1.74. The summed E-state index contributed by atoms with van der Waals surface area (Å²) in [7, 11) is 1.75. The Bertz CT molecular complexity index is 548. The van der Waals surface area contributed by atoms with E-state index in [2.05, 4.69) is 66.0 Å². The molecule has 3 atom stereocenters. The summed E-state index contributed by atoms with van der Waals surface area (Å²) in [5.41, 5.74) is 9.26. The van der Waals surface area contributed by atoms with Gasteiger partial charge in [-0.25, -0.2) is 0 Å². The summed E-state index contributed by atoms with van der Waals surface area (Å²) in [5, 5.41) is 3.68. The fourth-order valence-corrected chi connectivity index (χ4v) is 3.68. The standard InChI is InChI=1S/C20H26N2O/c1-23-13-12-17-14-22-20(19(17)21)18(15-8-4-2-5-9-15)16-10-6-3-7-11-16/h2-11,17-20,22H,12-14,21H2,1H3. The van der Waals surface area contributed by atoms with Gasteiger partial charge in [0.15, 0.2) is 0 Å². The van der Waals surface area contributed by atoms with Gasteiger partial charge in [-0.2, -0.15) is 0 Å². The predicted octanol–water partition coefficient (Wildman–Crippen LogP) is 2.77. The van der Waals surface area contributed by atoms with Crippen LogP contribution in [0.3, 0.4) is 0 Å². The van der Waals surface area contributed by atoms with Crippen LogP contribution in [0, 0.1) is 5.92 Å². The van der Waals surface area contributed by atoms with Crippen molar-refractivity contribution in [3.8, 4) is 0 Å². The fourth-order valence-electron chi connectivity index (χ4n) is 3.68. The van der Waals surface area contributed by atoms with E-state index in [1.807, 2.05) is 0 Å². The lowest BCUT2D eigenvalue weighted by molar-refractivity contribution is 0.176. The molecule has 3 nitrogen and oxygen atoms in total. The Morgan fingerprint density at radius 3 is 2.13 bits per heavy atom. The van der Waals surface area contributed by atoms with Gasteiger partial charge in [0, 0.05) is 31.7 Å². The molecule has 3 N–H and O–H groups in total. The van der Waals surface area contributed by atoms with Gasteiger partial charge in [-0.15, -0.1) is 0 Å². The van der Waals surface area contributed by atoms with E-state index in [-0.39, 0.29) is 18.0 Å². The molecule has 122 valence electrons. The van der Waals surface area contributed by atoms with Gasteiger partial charge in [0.05, 0.1) is 0 Å². The molecule has 1 fully saturated rings. The molecule has 3 rings (SSSR count).